The van der Waals surface area contributed by atoms with Crippen LogP contribution in [0.2, 0.25) is 0 Å². The van der Waals surface area contributed by atoms with E-state index in [-0.39, 0.29) is 0 Å². The van der Waals surface area contributed by atoms with Crippen LogP contribution in [-0.2, 0) is 4.79 Å². The van der Waals surface area contributed by atoms with Crippen molar-refractivity contribution < 1.29 is 4.79 Å². The zero-order chi connectivity index (χ0) is 12.2. The van der Waals surface area contributed by atoms with E-state index in [0.29, 0.717) is 21.9 Å². The van der Waals surface area contributed by atoms with E-state index in [0.717, 1.165) is 24.7 Å². The van der Waals surface area contributed by atoms with E-state index in [9.17, 15) is 4.79 Å². The molecule has 18 heavy (non-hydrogen) atoms. The lowest BCUT2D eigenvalue weighted by Gasteiger charge is -2.42. The molecule has 2 bridgehead atoms. The summed E-state index contributed by atoms with van der Waals surface area (Å²) in [5, 5.41) is 3.22. The highest BCUT2D eigenvalue weighted by Gasteiger charge is 2.57. The largest absolute Gasteiger partial charge is 0.353 e. The molecule has 4 rings (SSSR count). The van der Waals surface area contributed by atoms with Crippen LogP contribution in [0, 0.1) is 17.8 Å². The average Bonchev–Trinajstić information content (AvgIpc) is 3.04. The Morgan fingerprint density at radius 3 is 2.17 bits per heavy atom. The minimum absolute atomic E-state index is 0.329. The molecule has 0 aromatic rings. The molecule has 1 spiro atoms. The van der Waals surface area contributed by atoms with Crippen LogP contribution in [0.5, 0.6) is 0 Å². The van der Waals surface area contributed by atoms with Crippen molar-refractivity contribution >= 4 is 29.4 Å². The zero-order valence-electron chi connectivity index (χ0n) is 10.7. The number of carbonyl (C=O) groups is 1. The van der Waals surface area contributed by atoms with Gasteiger partial charge in [-0.2, -0.15) is 0 Å². The molecule has 1 saturated heterocycles. The lowest BCUT2D eigenvalue weighted by molar-refractivity contribution is -0.126. The quantitative estimate of drug-likeness (QED) is 0.845. The van der Waals surface area contributed by atoms with Crippen LogP contribution in [0.15, 0.2) is 0 Å². The van der Waals surface area contributed by atoms with Crippen LogP contribution >= 0.6 is 23.5 Å². The zero-order valence-corrected chi connectivity index (χ0v) is 12.3. The number of amides is 1. The molecule has 4 heteroatoms. The van der Waals surface area contributed by atoms with Crippen molar-refractivity contribution in [3.63, 3.8) is 0 Å². The van der Waals surface area contributed by atoms with Gasteiger partial charge in [0.2, 0.25) is 5.91 Å². The van der Waals surface area contributed by atoms with Crippen molar-refractivity contribution in [2.75, 3.05) is 11.5 Å². The summed E-state index contributed by atoms with van der Waals surface area (Å²) in [5.41, 5.74) is 0. The van der Waals surface area contributed by atoms with Gasteiger partial charge in [0, 0.05) is 23.5 Å². The van der Waals surface area contributed by atoms with Gasteiger partial charge in [0.05, 0.1) is 4.08 Å². The molecule has 2 nitrogen and oxygen atoms in total. The van der Waals surface area contributed by atoms with Crippen molar-refractivity contribution in [3.05, 3.63) is 0 Å². The van der Waals surface area contributed by atoms with Gasteiger partial charge in [-0.3, -0.25) is 4.79 Å². The van der Waals surface area contributed by atoms with E-state index in [1.807, 2.05) is 0 Å². The number of hydrogen-bond donors (Lipinski definition) is 1. The third-order valence-electron chi connectivity index (χ3n) is 5.17. The maximum atomic E-state index is 12.2. The van der Waals surface area contributed by atoms with Crippen molar-refractivity contribution in [2.45, 2.75) is 48.6 Å². The Morgan fingerprint density at radius 2 is 1.61 bits per heavy atom. The number of thioether (sulfide) groups is 2. The Morgan fingerprint density at radius 1 is 1.00 bits per heavy atom. The molecule has 3 aliphatic carbocycles. The second-order valence-electron chi connectivity index (χ2n) is 6.34. The molecule has 1 amide bonds. The van der Waals surface area contributed by atoms with Gasteiger partial charge in [-0.1, -0.05) is 0 Å². The normalized spacial score (nSPS) is 41.2. The van der Waals surface area contributed by atoms with Gasteiger partial charge in [-0.15, -0.1) is 23.5 Å². The van der Waals surface area contributed by atoms with E-state index in [1.54, 1.807) is 0 Å². The first-order valence-electron chi connectivity index (χ1n) is 7.36. The molecular formula is C14H21NOS2. The molecule has 4 aliphatic rings. The van der Waals surface area contributed by atoms with Crippen LogP contribution in [-0.4, -0.2) is 27.5 Å². The van der Waals surface area contributed by atoms with Crippen molar-refractivity contribution in [2.24, 2.45) is 17.8 Å². The van der Waals surface area contributed by atoms with Crippen molar-refractivity contribution in [1.29, 1.82) is 0 Å². The van der Waals surface area contributed by atoms with Gasteiger partial charge >= 0.3 is 0 Å². The molecule has 1 aliphatic heterocycles. The summed E-state index contributed by atoms with van der Waals surface area (Å²) in [5.74, 6) is 4.98. The fourth-order valence-corrected chi connectivity index (χ4v) is 8.10. The minimum atomic E-state index is 0.329. The molecule has 1 N–H and O–H groups in total. The molecule has 0 radical (unpaired) electrons. The van der Waals surface area contributed by atoms with Crippen molar-refractivity contribution in [3.8, 4) is 0 Å². The molecule has 0 aromatic carbocycles. The van der Waals surface area contributed by atoms with Crippen LogP contribution in [0.4, 0.5) is 0 Å². The lowest BCUT2D eigenvalue weighted by Crippen LogP contribution is -2.43. The first-order chi connectivity index (χ1) is 8.78. The van der Waals surface area contributed by atoms with Crippen LogP contribution in [0.25, 0.3) is 0 Å². The lowest BCUT2D eigenvalue weighted by atomic mass is 9.79. The third-order valence-corrected chi connectivity index (χ3v) is 9.19. The molecule has 2 atom stereocenters. The molecule has 3 saturated carbocycles. The standard InChI is InChI=1S/C14H21NOS2/c16-13(15-12-3-4-12)9-7-10-1-2-11(8-9)14(10)17-5-6-18-14/h9-12H,1-8H2,(H,15,16). The highest BCUT2D eigenvalue weighted by atomic mass is 32.2. The Hall–Kier alpha value is 0.170. The third kappa shape index (κ3) is 1.82. The highest BCUT2D eigenvalue weighted by Crippen LogP contribution is 2.65. The summed E-state index contributed by atoms with van der Waals surface area (Å²) in [6.45, 7) is 0. The van der Waals surface area contributed by atoms with Gasteiger partial charge < -0.3 is 5.32 Å². The maximum Gasteiger partial charge on any atom is 0.223 e. The predicted octanol–water partition coefficient (Wildman–Crippen LogP) is 2.88. The molecule has 2 unspecified atom stereocenters. The van der Waals surface area contributed by atoms with Gasteiger partial charge in [0.15, 0.2) is 0 Å². The van der Waals surface area contributed by atoms with Crippen LogP contribution in [0.3, 0.4) is 0 Å². The van der Waals surface area contributed by atoms with E-state index in [4.69, 9.17) is 0 Å². The molecule has 4 fully saturated rings. The first kappa shape index (κ1) is 12.0. The fourth-order valence-electron chi connectivity index (χ4n) is 4.16. The average molecular weight is 283 g/mol. The number of rotatable bonds is 2. The second-order valence-corrected chi connectivity index (χ2v) is 9.34. The van der Waals surface area contributed by atoms with E-state index >= 15 is 0 Å². The molecular weight excluding hydrogens is 262 g/mol. The number of hydrogen-bond acceptors (Lipinski definition) is 3. The van der Waals surface area contributed by atoms with Gasteiger partial charge in [-0.05, 0) is 50.4 Å². The van der Waals surface area contributed by atoms with Crippen molar-refractivity contribution in [1.82, 2.24) is 5.32 Å². The summed E-state index contributed by atoms with van der Waals surface area (Å²) >= 11 is 4.43. The first-order valence-corrected chi connectivity index (χ1v) is 9.33. The van der Waals surface area contributed by atoms with Gasteiger partial charge in [-0.25, -0.2) is 0 Å². The second kappa shape index (κ2) is 4.34. The highest BCUT2D eigenvalue weighted by molar-refractivity contribution is 8.21. The SMILES string of the molecule is O=C(NC1CC1)C1CC2CCC(C1)C21SCCS1. The van der Waals surface area contributed by atoms with Crippen LogP contribution < -0.4 is 5.32 Å². The van der Waals surface area contributed by atoms with Gasteiger partial charge in [0.1, 0.15) is 0 Å². The molecule has 1 heterocycles. The Kier molecular flexibility index (Phi) is 2.88. The van der Waals surface area contributed by atoms with Crippen LogP contribution in [0.1, 0.15) is 38.5 Å². The minimum Gasteiger partial charge on any atom is -0.353 e. The molecule has 0 aromatic heterocycles. The molecule has 100 valence electrons. The van der Waals surface area contributed by atoms with Gasteiger partial charge in [0.25, 0.3) is 0 Å². The van der Waals surface area contributed by atoms with E-state index < -0.39 is 0 Å². The summed E-state index contributed by atoms with van der Waals surface area (Å²) in [7, 11) is 0. The Balaban J connectivity index is 1.47. The fraction of sp³-hybridized carbons (Fsp3) is 0.929. The van der Waals surface area contributed by atoms with E-state index in [1.165, 1.54) is 37.2 Å². The summed E-state index contributed by atoms with van der Waals surface area (Å²) in [6.07, 6.45) is 7.49. The topological polar surface area (TPSA) is 29.1 Å². The summed E-state index contributed by atoms with van der Waals surface area (Å²) in [4.78, 5) is 12.2. The number of nitrogens with one attached hydrogen (secondary N) is 1. The monoisotopic (exact) mass is 283 g/mol. The summed E-state index contributed by atoms with van der Waals surface area (Å²) < 4.78 is 0.524. The van der Waals surface area contributed by atoms with E-state index in [2.05, 4.69) is 28.8 Å². The predicted molar refractivity (Wildman–Crippen MR) is 77.7 cm³/mol. The Labute approximate surface area is 117 Å². The summed E-state index contributed by atoms with van der Waals surface area (Å²) in [6, 6.07) is 0.529. The smallest absolute Gasteiger partial charge is 0.223 e. The number of carbonyl (C=O) groups excluding carboxylic acids is 1. The Bertz CT molecular complexity index is 347. The maximum absolute atomic E-state index is 12.2.